The highest BCUT2D eigenvalue weighted by molar-refractivity contribution is 6.01. The van der Waals surface area contributed by atoms with Gasteiger partial charge in [0.15, 0.2) is 0 Å². The number of hydrogen-bond acceptors (Lipinski definition) is 6. The fourth-order valence-corrected chi connectivity index (χ4v) is 10.1. The highest BCUT2D eigenvalue weighted by atomic mass is 19.1. The van der Waals surface area contributed by atoms with Crippen LogP contribution in [0.25, 0.3) is 0 Å². The van der Waals surface area contributed by atoms with Crippen LogP contribution in [0.15, 0.2) is 97.2 Å². The fourth-order valence-electron chi connectivity index (χ4n) is 10.1. The number of piperidine rings is 1. The number of aromatic hydroxyl groups is 1. The number of nitrogens with zero attached hydrogens (tertiary/aromatic N) is 3. The van der Waals surface area contributed by atoms with E-state index in [0.29, 0.717) is 36.6 Å². The summed E-state index contributed by atoms with van der Waals surface area (Å²) in [6.45, 7) is 9.42. The lowest BCUT2D eigenvalue weighted by Gasteiger charge is -2.39. The first-order valence-corrected chi connectivity index (χ1v) is 20.5. The van der Waals surface area contributed by atoms with Crippen LogP contribution in [0.5, 0.6) is 11.5 Å². The Balaban J connectivity index is 0.759. The van der Waals surface area contributed by atoms with Gasteiger partial charge in [-0.05, 0) is 146 Å². The third-order valence-electron chi connectivity index (χ3n) is 13.1. The number of rotatable bonds is 8. The smallest absolute Gasteiger partial charge is 0.255 e. The van der Waals surface area contributed by atoms with Crippen LogP contribution in [0.3, 0.4) is 0 Å². The maximum Gasteiger partial charge on any atom is 0.255 e. The summed E-state index contributed by atoms with van der Waals surface area (Å²) in [5.74, 6) is 1.80. The number of hydrogen-bond donors (Lipinski definition) is 2. The molecule has 5 aliphatic rings. The van der Waals surface area contributed by atoms with E-state index in [1.807, 2.05) is 24.3 Å². The normalized spacial score (nSPS) is 25.4. The molecule has 56 heavy (non-hydrogen) atoms. The van der Waals surface area contributed by atoms with Crippen LogP contribution in [0.1, 0.15) is 95.0 Å². The maximum atomic E-state index is 13.8. The van der Waals surface area contributed by atoms with E-state index in [9.17, 15) is 19.1 Å². The summed E-state index contributed by atoms with van der Waals surface area (Å²) < 4.78 is 20.4. The number of phenols is 1. The number of halogens is 1. The lowest BCUT2D eigenvalue weighted by Crippen LogP contribution is -2.49. The van der Waals surface area contributed by atoms with E-state index in [0.717, 1.165) is 99.5 Å². The molecule has 4 aromatic carbocycles. The second-order valence-electron chi connectivity index (χ2n) is 16.6. The zero-order chi connectivity index (χ0) is 38.3. The van der Waals surface area contributed by atoms with Gasteiger partial charge >= 0.3 is 0 Å². The van der Waals surface area contributed by atoms with Gasteiger partial charge in [-0.3, -0.25) is 14.5 Å². The summed E-state index contributed by atoms with van der Waals surface area (Å²) >= 11 is 0. The average molecular weight is 755 g/mol. The molecule has 8 nitrogen and oxygen atoms in total. The number of anilines is 1. The molecule has 0 spiro atoms. The van der Waals surface area contributed by atoms with Gasteiger partial charge in [-0.15, -0.1) is 0 Å². The Morgan fingerprint density at radius 2 is 1.54 bits per heavy atom. The fraction of sp³-hybridized carbons (Fsp3) is 0.404. The Bertz CT molecular complexity index is 2100. The van der Waals surface area contributed by atoms with Crippen LogP contribution in [-0.4, -0.2) is 71.6 Å². The molecule has 2 amide bonds. The predicted molar refractivity (Wildman–Crippen MR) is 216 cm³/mol. The van der Waals surface area contributed by atoms with Crippen molar-refractivity contribution in [2.75, 3.05) is 37.6 Å². The van der Waals surface area contributed by atoms with Crippen molar-refractivity contribution in [2.24, 2.45) is 5.92 Å². The summed E-state index contributed by atoms with van der Waals surface area (Å²) in [5.41, 5.74) is 8.35. The van der Waals surface area contributed by atoms with Gasteiger partial charge in [-0.1, -0.05) is 36.9 Å². The van der Waals surface area contributed by atoms with E-state index in [1.54, 1.807) is 23.1 Å². The molecule has 9 heteroatoms. The standard InChI is InChI=1S/C47H51FN4O4/c1-30-2-21-44(46(54)49-30)52-29-35-26-37(12-19-43(35)47(52)55)51-24-22-50(23-25-51)28-31-3-14-39(15-4-31)56-40-16-7-33(8-17-40)45-41(32-5-10-36(48)11-6-32)18-9-34-27-38(53)13-20-42(34)45/h5-8,10-13,16-17,19-20,26-27,31,39,41,44-45,53H,1-4,9,14-15,18,21-25,28-29H2,(H,49,54)/t31?,39?,41-,44?,45+/m1/s1. The van der Waals surface area contributed by atoms with Gasteiger partial charge in [0.1, 0.15) is 23.4 Å². The number of ether oxygens (including phenoxy) is 1. The molecular formula is C47H51FN4O4. The third kappa shape index (κ3) is 7.41. The first-order valence-electron chi connectivity index (χ1n) is 20.5. The molecule has 3 aliphatic heterocycles. The predicted octanol–water partition coefficient (Wildman–Crippen LogP) is 7.90. The topological polar surface area (TPSA) is 85.4 Å². The highest BCUT2D eigenvalue weighted by Gasteiger charge is 2.39. The van der Waals surface area contributed by atoms with Crippen molar-refractivity contribution in [3.63, 3.8) is 0 Å². The SMILES string of the molecule is C=C1CCC(N2Cc3cc(N4CCN(CC5CCC(Oc6ccc([C@@H]7c8ccc(O)cc8CC[C@@H]7c7ccc(F)cc7)cc6)CC5)CC4)ccc3C2=O)C(=O)N1. The minimum absolute atomic E-state index is 0.0518. The van der Waals surface area contributed by atoms with Crippen LogP contribution in [0.4, 0.5) is 10.1 Å². The molecule has 290 valence electrons. The van der Waals surface area contributed by atoms with E-state index >= 15 is 0 Å². The zero-order valence-corrected chi connectivity index (χ0v) is 32.0. The maximum absolute atomic E-state index is 13.8. The summed E-state index contributed by atoms with van der Waals surface area (Å²) in [6.07, 6.45) is 7.78. The largest absolute Gasteiger partial charge is 0.508 e. The Kier molecular flexibility index (Phi) is 10.0. The van der Waals surface area contributed by atoms with Crippen molar-refractivity contribution in [1.82, 2.24) is 15.1 Å². The van der Waals surface area contributed by atoms with Gasteiger partial charge in [-0.25, -0.2) is 4.39 Å². The van der Waals surface area contributed by atoms with Gasteiger partial charge < -0.3 is 25.0 Å². The van der Waals surface area contributed by atoms with Crippen LogP contribution < -0.4 is 15.0 Å². The van der Waals surface area contributed by atoms with Gasteiger partial charge in [0.2, 0.25) is 5.91 Å². The van der Waals surface area contributed by atoms with E-state index < -0.39 is 6.04 Å². The molecule has 0 radical (unpaired) electrons. The highest BCUT2D eigenvalue weighted by Crippen LogP contribution is 2.47. The van der Waals surface area contributed by atoms with Crippen LogP contribution in [0, 0.1) is 11.7 Å². The molecular weight excluding hydrogens is 704 g/mol. The van der Waals surface area contributed by atoms with Crippen molar-refractivity contribution in [3.8, 4) is 11.5 Å². The van der Waals surface area contributed by atoms with Crippen molar-refractivity contribution < 1.29 is 23.8 Å². The Morgan fingerprint density at radius 3 is 2.29 bits per heavy atom. The first kappa shape index (κ1) is 36.5. The molecule has 3 heterocycles. The van der Waals surface area contributed by atoms with E-state index in [2.05, 4.69) is 64.2 Å². The molecule has 3 atom stereocenters. The minimum Gasteiger partial charge on any atom is -0.508 e. The van der Waals surface area contributed by atoms with Gasteiger partial charge in [0, 0.05) is 62.1 Å². The second-order valence-corrected chi connectivity index (χ2v) is 16.6. The van der Waals surface area contributed by atoms with Gasteiger partial charge in [0.25, 0.3) is 5.91 Å². The number of carbonyl (C=O) groups is 2. The number of aryl methyl sites for hydroxylation is 1. The zero-order valence-electron chi connectivity index (χ0n) is 32.0. The third-order valence-corrected chi connectivity index (χ3v) is 13.1. The Labute approximate surface area is 329 Å². The molecule has 4 aromatic rings. The first-order chi connectivity index (χ1) is 27.3. The number of benzene rings is 4. The van der Waals surface area contributed by atoms with E-state index in [4.69, 9.17) is 4.74 Å². The summed E-state index contributed by atoms with van der Waals surface area (Å²) in [6, 6.07) is 27.0. The van der Waals surface area contributed by atoms with Crippen molar-refractivity contribution in [2.45, 2.75) is 81.9 Å². The van der Waals surface area contributed by atoms with Crippen molar-refractivity contribution >= 4 is 17.5 Å². The summed E-state index contributed by atoms with van der Waals surface area (Å²) in [5, 5.41) is 13.0. The van der Waals surface area contributed by atoms with Crippen LogP contribution >= 0.6 is 0 Å². The van der Waals surface area contributed by atoms with Gasteiger partial charge in [-0.2, -0.15) is 0 Å². The lowest BCUT2D eigenvalue weighted by molar-refractivity contribution is -0.126. The monoisotopic (exact) mass is 754 g/mol. The molecule has 2 aliphatic carbocycles. The van der Waals surface area contributed by atoms with Crippen LogP contribution in [-0.2, 0) is 17.8 Å². The molecule has 0 aromatic heterocycles. The number of nitrogens with one attached hydrogen (secondary N) is 1. The molecule has 0 bridgehead atoms. The molecule has 1 saturated carbocycles. The quantitative estimate of drug-likeness (QED) is 0.190. The number of allylic oxidation sites excluding steroid dienone is 1. The number of amides is 2. The van der Waals surface area contributed by atoms with Crippen molar-refractivity contribution in [3.05, 3.63) is 136 Å². The molecule has 2 saturated heterocycles. The van der Waals surface area contributed by atoms with E-state index in [-0.39, 0.29) is 35.6 Å². The minimum atomic E-state index is -0.437. The summed E-state index contributed by atoms with van der Waals surface area (Å²) in [4.78, 5) is 32.6. The number of phenolic OH excluding ortho intramolecular Hbond substituents is 1. The number of piperazine rings is 1. The second kappa shape index (κ2) is 15.4. The Hall–Kier alpha value is -5.15. The molecule has 2 N–H and O–H groups in total. The average Bonchev–Trinajstić information content (AvgIpc) is 3.54. The Morgan fingerprint density at radius 1 is 0.786 bits per heavy atom. The number of fused-ring (bicyclic) bond motifs is 2. The summed E-state index contributed by atoms with van der Waals surface area (Å²) in [7, 11) is 0. The van der Waals surface area contributed by atoms with Gasteiger partial charge in [0.05, 0.1) is 6.10 Å². The molecule has 1 unspecified atom stereocenters. The van der Waals surface area contributed by atoms with Crippen LogP contribution in [0.2, 0.25) is 0 Å². The molecule has 3 fully saturated rings. The van der Waals surface area contributed by atoms with Crippen molar-refractivity contribution in [1.29, 1.82) is 0 Å². The van der Waals surface area contributed by atoms with E-state index in [1.165, 1.54) is 16.7 Å². The number of carbonyl (C=O) groups excluding carboxylic acids is 2. The lowest BCUT2D eigenvalue weighted by atomic mass is 9.69. The molecule has 9 rings (SSSR count).